The van der Waals surface area contributed by atoms with Gasteiger partial charge in [0.25, 0.3) is 5.91 Å². The monoisotopic (exact) mass is 558 g/mol. The van der Waals surface area contributed by atoms with Gasteiger partial charge < -0.3 is 19.9 Å². The number of ether oxygens (including phenoxy) is 1. The van der Waals surface area contributed by atoms with Crippen molar-refractivity contribution in [2.75, 3.05) is 31.5 Å². The zero-order valence-corrected chi connectivity index (χ0v) is 22.1. The second-order valence-electron chi connectivity index (χ2n) is 10.2. The Morgan fingerprint density at radius 2 is 1.77 bits per heavy atom. The van der Waals surface area contributed by atoms with Crippen molar-refractivity contribution in [2.45, 2.75) is 45.5 Å². The number of benzene rings is 1. The number of hydrogen-bond acceptors (Lipinski definition) is 6. The topological polar surface area (TPSA) is 110 Å². The molecule has 3 amide bonds. The summed E-state index contributed by atoms with van der Waals surface area (Å²) in [7, 11) is 0. The predicted molar refractivity (Wildman–Crippen MR) is 139 cm³/mol. The molecule has 1 aliphatic heterocycles. The summed E-state index contributed by atoms with van der Waals surface area (Å²) in [6, 6.07) is 6.30. The Hall–Kier alpha value is -4.16. The first-order chi connectivity index (χ1) is 19.0. The van der Waals surface area contributed by atoms with Gasteiger partial charge in [-0.25, -0.2) is 4.98 Å². The van der Waals surface area contributed by atoms with Gasteiger partial charge in [-0.15, -0.1) is 0 Å². The van der Waals surface area contributed by atoms with Gasteiger partial charge in [-0.3, -0.25) is 19.1 Å². The summed E-state index contributed by atoms with van der Waals surface area (Å²) in [4.78, 5) is 45.0. The van der Waals surface area contributed by atoms with Gasteiger partial charge in [0, 0.05) is 49.7 Å². The Morgan fingerprint density at radius 1 is 1.07 bits per heavy atom. The van der Waals surface area contributed by atoms with E-state index in [1.54, 1.807) is 37.1 Å². The van der Waals surface area contributed by atoms with Gasteiger partial charge in [0.1, 0.15) is 23.7 Å². The fourth-order valence-electron chi connectivity index (χ4n) is 4.54. The lowest BCUT2D eigenvalue weighted by Gasteiger charge is -2.34. The van der Waals surface area contributed by atoms with Gasteiger partial charge >= 0.3 is 6.18 Å². The smallest absolute Gasteiger partial charge is 0.433 e. The van der Waals surface area contributed by atoms with Crippen molar-refractivity contribution in [1.29, 1.82) is 0 Å². The Balaban J connectivity index is 1.31. The van der Waals surface area contributed by atoms with Crippen LogP contribution in [0.2, 0.25) is 0 Å². The molecule has 1 saturated carbocycles. The number of aromatic nitrogens is 3. The molecule has 1 N–H and O–H groups in total. The van der Waals surface area contributed by atoms with E-state index in [2.05, 4.69) is 15.4 Å². The molecule has 13 heteroatoms. The standard InChI is InChI=1S/C27H29F3N6O4/c1-16(2)40-22-13-20-18(12-21(22)32-25(38)19-4-3-5-23(31-19)27(28,29)30)14-36(33-20)15-24(37)34-8-10-35(11-9-34)26(39)17-6-7-17/h3-5,12-14,16-17H,6-11,15H2,1-2H3,(H,32,38). The fraction of sp³-hybridized carbons (Fsp3) is 0.444. The summed E-state index contributed by atoms with van der Waals surface area (Å²) >= 11 is 0. The van der Waals surface area contributed by atoms with E-state index in [0.29, 0.717) is 37.1 Å². The quantitative estimate of drug-likeness (QED) is 0.475. The van der Waals surface area contributed by atoms with Crippen molar-refractivity contribution < 1.29 is 32.3 Å². The molecule has 0 spiro atoms. The number of rotatable bonds is 7. The highest BCUT2D eigenvalue weighted by Crippen LogP contribution is 2.33. The van der Waals surface area contributed by atoms with Gasteiger partial charge in [0.15, 0.2) is 0 Å². The molecule has 0 unspecified atom stereocenters. The molecule has 1 saturated heterocycles. The van der Waals surface area contributed by atoms with Crippen LogP contribution in [0.3, 0.4) is 0 Å². The highest BCUT2D eigenvalue weighted by Gasteiger charge is 2.35. The predicted octanol–water partition coefficient (Wildman–Crippen LogP) is 3.57. The largest absolute Gasteiger partial charge is 0.489 e. The summed E-state index contributed by atoms with van der Waals surface area (Å²) in [6.07, 6.45) is -1.41. The first-order valence-corrected chi connectivity index (χ1v) is 13.1. The van der Waals surface area contributed by atoms with E-state index in [1.807, 2.05) is 4.90 Å². The van der Waals surface area contributed by atoms with Crippen molar-refractivity contribution in [2.24, 2.45) is 5.92 Å². The number of amides is 3. The number of nitrogens with one attached hydrogen (secondary N) is 1. The average Bonchev–Trinajstić information content (AvgIpc) is 3.69. The molecular weight excluding hydrogens is 529 g/mol. The van der Waals surface area contributed by atoms with Gasteiger partial charge in [0.05, 0.1) is 17.3 Å². The Kier molecular flexibility index (Phi) is 7.39. The van der Waals surface area contributed by atoms with E-state index in [0.717, 1.165) is 25.0 Å². The van der Waals surface area contributed by atoms with Crippen LogP contribution in [0.4, 0.5) is 18.9 Å². The molecule has 3 heterocycles. The van der Waals surface area contributed by atoms with E-state index >= 15 is 0 Å². The van der Waals surface area contributed by atoms with Crippen LogP contribution in [0.1, 0.15) is 42.9 Å². The SMILES string of the molecule is CC(C)Oc1cc2nn(CC(=O)N3CCN(C(=O)C4CC4)CC3)cc2cc1NC(=O)c1cccc(C(F)(F)F)n1. The van der Waals surface area contributed by atoms with Crippen molar-refractivity contribution in [1.82, 2.24) is 24.6 Å². The summed E-state index contributed by atoms with van der Waals surface area (Å²) in [5.74, 6) is -0.359. The maximum atomic E-state index is 13.1. The highest BCUT2D eigenvalue weighted by molar-refractivity contribution is 6.05. The van der Waals surface area contributed by atoms with E-state index in [1.165, 1.54) is 10.7 Å². The van der Waals surface area contributed by atoms with E-state index in [-0.39, 0.29) is 41.8 Å². The zero-order chi connectivity index (χ0) is 28.6. The molecule has 40 heavy (non-hydrogen) atoms. The van der Waals surface area contributed by atoms with Gasteiger partial charge in [0.2, 0.25) is 11.8 Å². The molecule has 2 aliphatic rings. The number of pyridine rings is 1. The van der Waals surface area contributed by atoms with Crippen molar-refractivity contribution in [3.8, 4) is 5.75 Å². The molecule has 3 aromatic rings. The minimum Gasteiger partial charge on any atom is -0.489 e. The summed E-state index contributed by atoms with van der Waals surface area (Å²) < 4.78 is 46.5. The zero-order valence-electron chi connectivity index (χ0n) is 22.1. The number of halogens is 3. The molecule has 212 valence electrons. The third kappa shape index (κ3) is 6.18. The molecule has 1 aliphatic carbocycles. The fourth-order valence-corrected chi connectivity index (χ4v) is 4.54. The molecule has 0 radical (unpaired) electrons. The van der Waals surface area contributed by atoms with Crippen molar-refractivity contribution in [3.63, 3.8) is 0 Å². The molecule has 0 atom stereocenters. The Morgan fingerprint density at radius 3 is 2.42 bits per heavy atom. The van der Waals surface area contributed by atoms with E-state index < -0.39 is 23.5 Å². The van der Waals surface area contributed by atoms with Gasteiger partial charge in [-0.2, -0.15) is 18.3 Å². The number of piperazine rings is 1. The number of fused-ring (bicyclic) bond motifs is 1. The minimum atomic E-state index is -4.69. The molecule has 2 fully saturated rings. The molecule has 0 bridgehead atoms. The first-order valence-electron chi connectivity index (χ1n) is 13.1. The lowest BCUT2D eigenvalue weighted by atomic mass is 10.2. The minimum absolute atomic E-state index is 0.0124. The number of hydrogen-bond donors (Lipinski definition) is 1. The normalized spacial score (nSPS) is 15.9. The van der Waals surface area contributed by atoms with Gasteiger partial charge in [-0.05, 0) is 44.9 Å². The summed E-state index contributed by atoms with van der Waals surface area (Å²) in [5.41, 5.74) is -0.826. The molecular formula is C27H29F3N6O4. The Bertz CT molecular complexity index is 1440. The number of alkyl halides is 3. The second kappa shape index (κ2) is 10.8. The number of nitrogens with zero attached hydrogens (tertiary/aromatic N) is 5. The van der Waals surface area contributed by atoms with Gasteiger partial charge in [-0.1, -0.05) is 6.07 Å². The van der Waals surface area contributed by atoms with Crippen LogP contribution in [0, 0.1) is 5.92 Å². The lowest BCUT2D eigenvalue weighted by Crippen LogP contribution is -2.51. The molecule has 10 nitrogen and oxygen atoms in total. The summed E-state index contributed by atoms with van der Waals surface area (Å²) in [5, 5.41) is 7.67. The third-order valence-corrected chi connectivity index (χ3v) is 6.70. The Labute approximate surface area is 228 Å². The molecule has 5 rings (SSSR count). The lowest BCUT2D eigenvalue weighted by molar-refractivity contribution is -0.141. The number of carbonyl (C=O) groups excluding carboxylic acids is 3. The first kappa shape index (κ1) is 27.4. The van der Waals surface area contributed by atoms with Crippen molar-refractivity contribution in [3.05, 3.63) is 47.9 Å². The second-order valence-corrected chi connectivity index (χ2v) is 10.2. The van der Waals surface area contributed by atoms with Crippen LogP contribution in [0.25, 0.3) is 10.9 Å². The molecule has 1 aromatic carbocycles. The van der Waals surface area contributed by atoms with Crippen LogP contribution in [0.15, 0.2) is 36.5 Å². The van der Waals surface area contributed by atoms with Crippen LogP contribution < -0.4 is 10.1 Å². The third-order valence-electron chi connectivity index (χ3n) is 6.70. The van der Waals surface area contributed by atoms with E-state index in [4.69, 9.17) is 4.74 Å². The highest BCUT2D eigenvalue weighted by atomic mass is 19.4. The van der Waals surface area contributed by atoms with E-state index in [9.17, 15) is 27.6 Å². The van der Waals surface area contributed by atoms with Crippen LogP contribution in [0.5, 0.6) is 5.75 Å². The number of carbonyl (C=O) groups is 3. The maximum Gasteiger partial charge on any atom is 0.433 e. The maximum absolute atomic E-state index is 13.1. The molecule has 2 aromatic heterocycles. The van der Waals surface area contributed by atoms with Crippen LogP contribution in [-0.4, -0.2) is 74.6 Å². The number of anilines is 1. The van der Waals surface area contributed by atoms with Crippen molar-refractivity contribution >= 4 is 34.3 Å². The summed E-state index contributed by atoms with van der Waals surface area (Å²) in [6.45, 7) is 5.53. The van der Waals surface area contributed by atoms with Crippen LogP contribution >= 0.6 is 0 Å². The van der Waals surface area contributed by atoms with Crippen LogP contribution in [-0.2, 0) is 22.3 Å². The average molecular weight is 559 g/mol.